The Morgan fingerprint density at radius 3 is 2.03 bits per heavy atom. The molecule has 0 N–H and O–H groups in total. The lowest BCUT2D eigenvalue weighted by Gasteiger charge is -2.26. The standard InChI is InChI=1S/C35H26N3/c1-23-17-18-29-28-15-9-10-16-30(28)38-31-22-27(21-24-19-20-36(2)35(33(24)31)32(23)34(29)38)37(25-11-5-3-6-12-25)26-13-7-4-8-14-26/h3-22H,1-2H3/q+1. The molecule has 38 heavy (non-hydrogen) atoms. The first kappa shape index (κ1) is 21.2. The Bertz CT molecular complexity index is 2100. The molecule has 8 aromatic rings. The molecule has 0 aliphatic rings. The lowest BCUT2D eigenvalue weighted by atomic mass is 9.99. The zero-order valence-electron chi connectivity index (χ0n) is 21.4. The van der Waals surface area contributed by atoms with E-state index in [1.807, 2.05) is 0 Å². The van der Waals surface area contributed by atoms with Crippen molar-refractivity contribution in [2.45, 2.75) is 6.92 Å². The van der Waals surface area contributed by atoms with E-state index in [1.165, 1.54) is 54.6 Å². The molecule has 0 atom stereocenters. The first-order valence-corrected chi connectivity index (χ1v) is 13.1. The fraction of sp³-hybridized carbons (Fsp3) is 0.0571. The summed E-state index contributed by atoms with van der Waals surface area (Å²) in [6.45, 7) is 2.24. The zero-order chi connectivity index (χ0) is 25.4. The van der Waals surface area contributed by atoms with E-state index in [-0.39, 0.29) is 0 Å². The van der Waals surface area contributed by atoms with Crippen molar-refractivity contribution >= 4 is 66.1 Å². The number of pyridine rings is 2. The Morgan fingerprint density at radius 2 is 1.29 bits per heavy atom. The van der Waals surface area contributed by atoms with Crippen molar-refractivity contribution in [3.05, 3.63) is 127 Å². The summed E-state index contributed by atoms with van der Waals surface area (Å²) in [5.74, 6) is 0. The number of nitrogens with zero attached hydrogens (tertiary/aromatic N) is 3. The molecular weight excluding hydrogens is 462 g/mol. The predicted molar refractivity (Wildman–Crippen MR) is 159 cm³/mol. The van der Waals surface area contributed by atoms with Crippen LogP contribution in [-0.2, 0) is 7.05 Å². The van der Waals surface area contributed by atoms with Gasteiger partial charge >= 0.3 is 0 Å². The fourth-order valence-corrected chi connectivity index (χ4v) is 6.38. The van der Waals surface area contributed by atoms with Crippen LogP contribution in [0.3, 0.4) is 0 Å². The van der Waals surface area contributed by atoms with Crippen LogP contribution in [0.2, 0.25) is 0 Å². The fourth-order valence-electron chi connectivity index (χ4n) is 6.38. The largest absolute Gasteiger partial charge is 0.310 e. The number of anilines is 3. The Morgan fingerprint density at radius 1 is 0.605 bits per heavy atom. The van der Waals surface area contributed by atoms with Gasteiger partial charge in [0.2, 0.25) is 5.52 Å². The van der Waals surface area contributed by atoms with Crippen LogP contribution in [-0.4, -0.2) is 4.40 Å². The van der Waals surface area contributed by atoms with E-state index in [9.17, 15) is 0 Å². The third-order valence-electron chi connectivity index (χ3n) is 8.01. The molecule has 8 rings (SSSR count). The maximum atomic E-state index is 2.50. The number of rotatable bonds is 3. The Kier molecular flexibility index (Phi) is 4.36. The summed E-state index contributed by atoms with van der Waals surface area (Å²) in [7, 11) is 2.17. The second-order valence-electron chi connectivity index (χ2n) is 10.2. The number of para-hydroxylation sites is 3. The van der Waals surface area contributed by atoms with Crippen LogP contribution in [0.5, 0.6) is 0 Å². The van der Waals surface area contributed by atoms with Gasteiger partial charge in [-0.3, -0.25) is 0 Å². The molecule has 5 aromatic carbocycles. The van der Waals surface area contributed by atoms with Crippen LogP contribution in [0.15, 0.2) is 121 Å². The van der Waals surface area contributed by atoms with Crippen LogP contribution in [0.25, 0.3) is 49.0 Å². The molecule has 0 bridgehead atoms. The summed E-state index contributed by atoms with van der Waals surface area (Å²) >= 11 is 0. The van der Waals surface area contributed by atoms with Crippen molar-refractivity contribution in [3.8, 4) is 0 Å². The highest BCUT2D eigenvalue weighted by atomic mass is 15.1. The van der Waals surface area contributed by atoms with E-state index in [4.69, 9.17) is 0 Å². The summed E-state index contributed by atoms with van der Waals surface area (Å²) in [6, 6.07) is 41.7. The number of aryl methyl sites for hydroxylation is 2. The van der Waals surface area contributed by atoms with Crippen molar-refractivity contribution in [2.75, 3.05) is 4.90 Å². The van der Waals surface area contributed by atoms with Crippen molar-refractivity contribution in [1.82, 2.24) is 4.40 Å². The molecule has 3 aromatic heterocycles. The highest BCUT2D eigenvalue weighted by Gasteiger charge is 2.25. The highest BCUT2D eigenvalue weighted by molar-refractivity contribution is 6.26. The van der Waals surface area contributed by atoms with Crippen LogP contribution < -0.4 is 9.47 Å². The molecule has 0 radical (unpaired) electrons. The van der Waals surface area contributed by atoms with Gasteiger partial charge in [-0.05, 0) is 60.3 Å². The molecule has 0 saturated heterocycles. The van der Waals surface area contributed by atoms with Crippen molar-refractivity contribution in [1.29, 1.82) is 0 Å². The summed E-state index contributed by atoms with van der Waals surface area (Å²) < 4.78 is 4.79. The molecule has 0 amide bonds. The molecule has 3 nitrogen and oxygen atoms in total. The van der Waals surface area contributed by atoms with E-state index >= 15 is 0 Å². The minimum Gasteiger partial charge on any atom is -0.310 e. The quantitative estimate of drug-likeness (QED) is 0.138. The minimum absolute atomic E-state index is 1.14. The van der Waals surface area contributed by atoms with E-state index in [0.717, 1.165) is 17.1 Å². The van der Waals surface area contributed by atoms with E-state index in [1.54, 1.807) is 0 Å². The molecule has 0 unspecified atom stereocenters. The lowest BCUT2D eigenvalue weighted by Crippen LogP contribution is -2.29. The van der Waals surface area contributed by atoms with E-state index in [0.29, 0.717) is 0 Å². The third kappa shape index (κ3) is 2.81. The molecule has 0 aliphatic heterocycles. The van der Waals surface area contributed by atoms with Crippen LogP contribution in [0, 0.1) is 6.92 Å². The molecule has 0 fully saturated rings. The number of hydrogen-bond donors (Lipinski definition) is 0. The van der Waals surface area contributed by atoms with Crippen molar-refractivity contribution < 1.29 is 4.57 Å². The highest BCUT2D eigenvalue weighted by Crippen LogP contribution is 2.43. The van der Waals surface area contributed by atoms with Gasteiger partial charge in [-0.15, -0.1) is 0 Å². The number of fused-ring (bicyclic) bond motifs is 5. The van der Waals surface area contributed by atoms with Gasteiger partial charge in [0, 0.05) is 33.9 Å². The van der Waals surface area contributed by atoms with Gasteiger partial charge in [0.15, 0.2) is 6.20 Å². The number of hydrogen-bond acceptors (Lipinski definition) is 1. The molecular formula is C35H26N3+. The van der Waals surface area contributed by atoms with Gasteiger partial charge in [0.1, 0.15) is 7.05 Å². The van der Waals surface area contributed by atoms with Crippen molar-refractivity contribution in [2.24, 2.45) is 7.05 Å². The molecule has 180 valence electrons. The first-order valence-electron chi connectivity index (χ1n) is 13.1. The third-order valence-corrected chi connectivity index (χ3v) is 8.01. The lowest BCUT2D eigenvalue weighted by molar-refractivity contribution is -0.643. The van der Waals surface area contributed by atoms with Crippen LogP contribution >= 0.6 is 0 Å². The summed E-state index contributed by atoms with van der Waals surface area (Å²) in [6.07, 6.45) is 2.21. The van der Waals surface area contributed by atoms with Gasteiger partial charge in [0.05, 0.1) is 27.3 Å². The predicted octanol–water partition coefficient (Wildman–Crippen LogP) is 8.59. The van der Waals surface area contributed by atoms with Gasteiger partial charge in [-0.1, -0.05) is 66.7 Å². The van der Waals surface area contributed by atoms with Gasteiger partial charge in [-0.25, -0.2) is 4.57 Å². The first-order chi connectivity index (χ1) is 18.7. The zero-order valence-corrected chi connectivity index (χ0v) is 21.4. The smallest absolute Gasteiger partial charge is 0.224 e. The van der Waals surface area contributed by atoms with Crippen molar-refractivity contribution in [3.63, 3.8) is 0 Å². The van der Waals surface area contributed by atoms with Crippen LogP contribution in [0.4, 0.5) is 17.1 Å². The SMILES string of the molecule is Cc1ccc2c3ccccc3n3c4cc(N(c5ccccc5)c5ccccc5)cc5cc[n+](C)c(c1c23)c54. The summed E-state index contributed by atoms with van der Waals surface area (Å²) in [4.78, 5) is 2.36. The second kappa shape index (κ2) is 7.80. The maximum absolute atomic E-state index is 2.50. The molecule has 0 spiro atoms. The Balaban J connectivity index is 1.61. The maximum Gasteiger partial charge on any atom is 0.224 e. The average Bonchev–Trinajstić information content (AvgIpc) is 3.29. The summed E-state index contributed by atoms with van der Waals surface area (Å²) in [5.41, 5.74) is 9.78. The average molecular weight is 489 g/mol. The molecule has 0 saturated carbocycles. The van der Waals surface area contributed by atoms with E-state index < -0.39 is 0 Å². The van der Waals surface area contributed by atoms with Gasteiger partial charge in [0.25, 0.3) is 0 Å². The second-order valence-corrected chi connectivity index (χ2v) is 10.2. The minimum atomic E-state index is 1.14. The van der Waals surface area contributed by atoms with Gasteiger partial charge in [-0.2, -0.15) is 0 Å². The number of aromatic nitrogens is 2. The van der Waals surface area contributed by atoms with Gasteiger partial charge < -0.3 is 9.30 Å². The molecule has 3 heteroatoms. The monoisotopic (exact) mass is 488 g/mol. The summed E-state index contributed by atoms with van der Waals surface area (Å²) in [5, 5.41) is 6.46. The Labute approximate surface area is 220 Å². The Hall–Kier alpha value is -4.89. The molecule has 3 heterocycles. The van der Waals surface area contributed by atoms with Crippen LogP contribution in [0.1, 0.15) is 5.56 Å². The topological polar surface area (TPSA) is 11.5 Å². The van der Waals surface area contributed by atoms with E-state index in [2.05, 4.69) is 149 Å². The number of benzene rings is 5. The normalized spacial score (nSPS) is 11.9. The molecule has 0 aliphatic carbocycles.